The minimum Gasteiger partial charge on any atom is -0.507 e. The molecule has 2 heterocycles. The third-order valence-corrected chi connectivity index (χ3v) is 3.80. The zero-order valence-corrected chi connectivity index (χ0v) is 13.8. The molecule has 4 rings (SSSR count). The van der Waals surface area contributed by atoms with E-state index in [4.69, 9.17) is 4.74 Å². The molecule has 2 aromatic carbocycles. The monoisotopic (exact) mass is 341 g/mol. The van der Waals surface area contributed by atoms with Crippen molar-refractivity contribution in [1.82, 2.24) is 15.0 Å². The lowest BCUT2D eigenvalue weighted by Crippen LogP contribution is -1.92. The molecule has 126 valence electrons. The SMILES string of the molecule is Oc1ccccc1-c1cncc(-c2cccc(Oc3ccccn3)c2)n1. The number of ether oxygens (including phenoxy) is 1. The summed E-state index contributed by atoms with van der Waals surface area (Å²) < 4.78 is 5.78. The van der Waals surface area contributed by atoms with Gasteiger partial charge in [-0.3, -0.25) is 4.98 Å². The van der Waals surface area contributed by atoms with E-state index >= 15 is 0 Å². The van der Waals surface area contributed by atoms with E-state index in [2.05, 4.69) is 15.0 Å². The largest absolute Gasteiger partial charge is 0.507 e. The first-order valence-electron chi connectivity index (χ1n) is 8.09. The van der Waals surface area contributed by atoms with Crippen molar-refractivity contribution in [2.75, 3.05) is 0 Å². The molecule has 0 aliphatic heterocycles. The number of hydrogen-bond donors (Lipinski definition) is 1. The van der Waals surface area contributed by atoms with Crippen LogP contribution in [-0.2, 0) is 0 Å². The highest BCUT2D eigenvalue weighted by atomic mass is 16.5. The number of phenolic OH excluding ortho intramolecular Hbond substituents is 1. The van der Waals surface area contributed by atoms with Crippen LogP contribution in [0.15, 0.2) is 85.3 Å². The van der Waals surface area contributed by atoms with Crippen molar-refractivity contribution in [1.29, 1.82) is 0 Å². The predicted molar refractivity (Wildman–Crippen MR) is 98.9 cm³/mol. The van der Waals surface area contributed by atoms with Crippen LogP contribution in [-0.4, -0.2) is 20.1 Å². The summed E-state index contributed by atoms with van der Waals surface area (Å²) >= 11 is 0. The van der Waals surface area contributed by atoms with Gasteiger partial charge in [0.1, 0.15) is 11.5 Å². The number of rotatable bonds is 4. The molecule has 0 aliphatic rings. The van der Waals surface area contributed by atoms with Crippen molar-refractivity contribution >= 4 is 0 Å². The van der Waals surface area contributed by atoms with Gasteiger partial charge in [-0.2, -0.15) is 0 Å². The zero-order valence-electron chi connectivity index (χ0n) is 13.8. The second-order valence-corrected chi connectivity index (χ2v) is 5.60. The molecular weight excluding hydrogens is 326 g/mol. The summed E-state index contributed by atoms with van der Waals surface area (Å²) in [4.78, 5) is 13.1. The molecule has 26 heavy (non-hydrogen) atoms. The van der Waals surface area contributed by atoms with Crippen LogP contribution >= 0.6 is 0 Å². The number of aromatic nitrogens is 3. The maximum absolute atomic E-state index is 10.0. The Morgan fingerprint density at radius 1 is 0.808 bits per heavy atom. The summed E-state index contributed by atoms with van der Waals surface area (Å²) in [5.41, 5.74) is 2.81. The van der Waals surface area contributed by atoms with Gasteiger partial charge in [0.15, 0.2) is 0 Å². The van der Waals surface area contributed by atoms with Gasteiger partial charge >= 0.3 is 0 Å². The molecule has 0 aliphatic carbocycles. The quantitative estimate of drug-likeness (QED) is 0.582. The molecule has 0 radical (unpaired) electrons. The molecule has 0 unspecified atom stereocenters. The molecule has 0 fully saturated rings. The Morgan fingerprint density at radius 3 is 2.50 bits per heavy atom. The van der Waals surface area contributed by atoms with Crippen molar-refractivity contribution in [3.8, 4) is 39.9 Å². The fraction of sp³-hybridized carbons (Fsp3) is 0. The number of aromatic hydroxyl groups is 1. The lowest BCUT2D eigenvalue weighted by atomic mass is 10.1. The molecular formula is C21H15N3O2. The minimum atomic E-state index is 0.172. The first-order chi connectivity index (χ1) is 12.8. The van der Waals surface area contributed by atoms with Crippen LogP contribution in [0.1, 0.15) is 0 Å². The third-order valence-electron chi connectivity index (χ3n) is 3.80. The van der Waals surface area contributed by atoms with E-state index in [1.165, 1.54) is 0 Å². The van der Waals surface area contributed by atoms with Gasteiger partial charge < -0.3 is 9.84 Å². The Bertz CT molecular complexity index is 1040. The number of nitrogens with zero attached hydrogens (tertiary/aromatic N) is 3. The van der Waals surface area contributed by atoms with Crippen LogP contribution in [0.2, 0.25) is 0 Å². The topological polar surface area (TPSA) is 68.1 Å². The standard InChI is InChI=1S/C21H15N3O2/c25-20-9-2-1-8-17(20)19-14-22-13-18(24-19)15-6-5-7-16(12-15)26-21-10-3-4-11-23-21/h1-14,25H. The van der Waals surface area contributed by atoms with Crippen molar-refractivity contribution < 1.29 is 9.84 Å². The number of benzene rings is 2. The minimum absolute atomic E-state index is 0.172. The third kappa shape index (κ3) is 3.37. The summed E-state index contributed by atoms with van der Waals surface area (Å²) in [6.45, 7) is 0. The second-order valence-electron chi connectivity index (χ2n) is 5.60. The number of para-hydroxylation sites is 1. The van der Waals surface area contributed by atoms with Gasteiger partial charge in [-0.05, 0) is 30.3 Å². The Morgan fingerprint density at radius 2 is 1.65 bits per heavy atom. The molecule has 0 atom stereocenters. The molecule has 0 spiro atoms. The van der Waals surface area contributed by atoms with Crippen molar-refractivity contribution in [2.24, 2.45) is 0 Å². The molecule has 0 bridgehead atoms. The number of hydrogen-bond acceptors (Lipinski definition) is 5. The first kappa shape index (κ1) is 15.8. The van der Waals surface area contributed by atoms with Crippen LogP contribution in [0, 0.1) is 0 Å². The Hall–Kier alpha value is -3.73. The predicted octanol–water partition coefficient (Wildman–Crippen LogP) is 4.70. The van der Waals surface area contributed by atoms with Gasteiger partial charge in [0.2, 0.25) is 5.88 Å². The van der Waals surface area contributed by atoms with Crippen molar-refractivity contribution in [3.05, 3.63) is 85.3 Å². The van der Waals surface area contributed by atoms with E-state index < -0.39 is 0 Å². The van der Waals surface area contributed by atoms with E-state index in [9.17, 15) is 5.11 Å². The Kier molecular flexibility index (Phi) is 4.26. The molecule has 5 nitrogen and oxygen atoms in total. The summed E-state index contributed by atoms with van der Waals surface area (Å²) in [7, 11) is 0. The maximum Gasteiger partial charge on any atom is 0.219 e. The Labute approximate surface area is 150 Å². The van der Waals surface area contributed by atoms with Crippen LogP contribution < -0.4 is 4.74 Å². The summed E-state index contributed by atoms with van der Waals surface area (Å²) in [5.74, 6) is 1.36. The zero-order chi connectivity index (χ0) is 17.8. The van der Waals surface area contributed by atoms with Crippen molar-refractivity contribution in [2.45, 2.75) is 0 Å². The number of pyridine rings is 1. The fourth-order valence-corrected chi connectivity index (χ4v) is 2.57. The smallest absolute Gasteiger partial charge is 0.219 e. The maximum atomic E-state index is 10.0. The van der Waals surface area contributed by atoms with Crippen molar-refractivity contribution in [3.63, 3.8) is 0 Å². The lowest BCUT2D eigenvalue weighted by Gasteiger charge is -2.08. The van der Waals surface area contributed by atoms with E-state index in [-0.39, 0.29) is 5.75 Å². The molecule has 0 saturated carbocycles. The van der Waals surface area contributed by atoms with Gasteiger partial charge in [0.05, 0.1) is 23.8 Å². The number of phenols is 1. The van der Waals surface area contributed by atoms with Gasteiger partial charge in [-0.25, -0.2) is 9.97 Å². The molecule has 4 aromatic rings. The lowest BCUT2D eigenvalue weighted by molar-refractivity contribution is 0.463. The fourth-order valence-electron chi connectivity index (χ4n) is 2.57. The van der Waals surface area contributed by atoms with E-state index in [1.54, 1.807) is 36.8 Å². The van der Waals surface area contributed by atoms with Crippen LogP contribution in [0.5, 0.6) is 17.4 Å². The van der Waals surface area contributed by atoms with Gasteiger partial charge in [-0.15, -0.1) is 0 Å². The van der Waals surface area contributed by atoms with E-state index in [1.807, 2.05) is 48.5 Å². The summed E-state index contributed by atoms with van der Waals surface area (Å²) in [5, 5.41) is 10.0. The van der Waals surface area contributed by atoms with Crippen LogP contribution in [0.4, 0.5) is 0 Å². The molecule has 0 saturated heterocycles. The highest BCUT2D eigenvalue weighted by molar-refractivity contribution is 5.69. The highest BCUT2D eigenvalue weighted by Crippen LogP contribution is 2.29. The normalized spacial score (nSPS) is 10.5. The van der Waals surface area contributed by atoms with Crippen LogP contribution in [0.25, 0.3) is 22.5 Å². The van der Waals surface area contributed by atoms with Crippen LogP contribution in [0.3, 0.4) is 0 Å². The molecule has 1 N–H and O–H groups in total. The molecule has 0 amide bonds. The summed E-state index contributed by atoms with van der Waals surface area (Å²) in [6, 6.07) is 20.1. The second kappa shape index (κ2) is 7.03. The summed E-state index contributed by atoms with van der Waals surface area (Å²) in [6.07, 6.45) is 5.00. The van der Waals surface area contributed by atoms with E-state index in [0.717, 1.165) is 5.56 Å². The highest BCUT2D eigenvalue weighted by Gasteiger charge is 2.09. The molecule has 5 heteroatoms. The van der Waals surface area contributed by atoms with Gasteiger partial charge in [-0.1, -0.05) is 30.3 Å². The average molecular weight is 341 g/mol. The van der Waals surface area contributed by atoms with Gasteiger partial charge in [0.25, 0.3) is 0 Å². The Balaban J connectivity index is 1.67. The first-order valence-corrected chi connectivity index (χ1v) is 8.09. The van der Waals surface area contributed by atoms with Gasteiger partial charge in [0, 0.05) is 23.4 Å². The average Bonchev–Trinajstić information content (AvgIpc) is 2.69. The van der Waals surface area contributed by atoms with E-state index in [0.29, 0.717) is 28.6 Å². The molecule has 2 aromatic heterocycles.